The van der Waals surface area contributed by atoms with E-state index in [4.69, 9.17) is 19.0 Å². The van der Waals surface area contributed by atoms with Crippen molar-refractivity contribution in [1.82, 2.24) is 15.7 Å². The molecular formula is C24H35N3O5. The maximum atomic E-state index is 13.7. The number of benzene rings is 1. The number of amides is 1. The Kier molecular flexibility index (Phi) is 6.53. The number of hydrogen-bond donors (Lipinski definition) is 2. The van der Waals surface area contributed by atoms with Crippen LogP contribution in [0.5, 0.6) is 17.2 Å². The van der Waals surface area contributed by atoms with Crippen LogP contribution in [0.25, 0.3) is 0 Å². The summed E-state index contributed by atoms with van der Waals surface area (Å²) >= 11 is 0. The van der Waals surface area contributed by atoms with Crippen molar-refractivity contribution in [2.24, 2.45) is 5.92 Å². The maximum absolute atomic E-state index is 13.7. The van der Waals surface area contributed by atoms with Gasteiger partial charge in [-0.3, -0.25) is 15.1 Å². The second kappa shape index (κ2) is 9.19. The number of methoxy groups -OCH3 is 1. The third-order valence-electron chi connectivity index (χ3n) is 6.49. The highest BCUT2D eigenvalue weighted by molar-refractivity contribution is 5.96. The third kappa shape index (κ3) is 4.81. The first-order chi connectivity index (χ1) is 15.3. The molecule has 2 aliphatic heterocycles. The van der Waals surface area contributed by atoms with Gasteiger partial charge >= 0.3 is 0 Å². The summed E-state index contributed by atoms with van der Waals surface area (Å²) in [5.41, 5.74) is 3.86. The van der Waals surface area contributed by atoms with E-state index in [9.17, 15) is 4.79 Å². The lowest BCUT2D eigenvalue weighted by atomic mass is 9.85. The van der Waals surface area contributed by atoms with Crippen molar-refractivity contribution in [3.63, 3.8) is 0 Å². The molecule has 0 spiro atoms. The largest absolute Gasteiger partial charge is 0.493 e. The Morgan fingerprint density at radius 1 is 1.28 bits per heavy atom. The normalized spacial score (nSPS) is 25.2. The van der Waals surface area contributed by atoms with E-state index in [1.165, 1.54) is 32.8 Å². The van der Waals surface area contributed by atoms with Gasteiger partial charge in [-0.2, -0.15) is 0 Å². The summed E-state index contributed by atoms with van der Waals surface area (Å²) < 4.78 is 17.2. The summed E-state index contributed by atoms with van der Waals surface area (Å²) in [5, 5.41) is 3.77. The van der Waals surface area contributed by atoms with Crippen LogP contribution < -0.4 is 25.0 Å². The lowest BCUT2D eigenvalue weighted by molar-refractivity contribution is -0.0439. The molecule has 176 valence electrons. The molecule has 1 saturated heterocycles. The molecule has 2 fully saturated rings. The fourth-order valence-corrected chi connectivity index (χ4v) is 5.21. The summed E-state index contributed by atoms with van der Waals surface area (Å²) in [6.07, 6.45) is 6.18. The van der Waals surface area contributed by atoms with Gasteiger partial charge in [-0.25, -0.2) is 0 Å². The van der Waals surface area contributed by atoms with Crippen molar-refractivity contribution in [3.05, 3.63) is 30.0 Å². The fourth-order valence-electron chi connectivity index (χ4n) is 5.21. The molecule has 0 aromatic heterocycles. The second-order valence-corrected chi connectivity index (χ2v) is 9.46. The van der Waals surface area contributed by atoms with E-state index in [1.54, 1.807) is 19.2 Å². The highest BCUT2D eigenvalue weighted by atomic mass is 16.7. The van der Waals surface area contributed by atoms with Crippen LogP contribution in [0.1, 0.15) is 56.3 Å². The van der Waals surface area contributed by atoms with Crippen molar-refractivity contribution in [3.8, 4) is 17.2 Å². The van der Waals surface area contributed by atoms with Crippen LogP contribution in [0.4, 0.5) is 0 Å². The van der Waals surface area contributed by atoms with Crippen LogP contribution in [0.15, 0.2) is 24.4 Å². The van der Waals surface area contributed by atoms with Gasteiger partial charge in [0.1, 0.15) is 0 Å². The van der Waals surface area contributed by atoms with Gasteiger partial charge in [-0.05, 0) is 37.3 Å². The standard InChI is InChI=1S/C24H35N3O5/c1-15(26-30-5)13-27(14-18-10-16-8-6-7-9-19(16)25-18)23(28)17-11-20(29-4)22-21(12-17)31-24(2,3)32-22/h11-12,16,18-19,25-26H,1,6-10,13-14H2,2-5H3/t16?,18-,19?/m0/s1. The first kappa shape index (κ1) is 22.7. The predicted octanol–water partition coefficient (Wildman–Crippen LogP) is 3.23. The van der Waals surface area contributed by atoms with Crippen LogP contribution in [-0.4, -0.2) is 56.0 Å². The quantitative estimate of drug-likeness (QED) is 0.595. The van der Waals surface area contributed by atoms with E-state index in [0.717, 1.165) is 6.42 Å². The Morgan fingerprint density at radius 2 is 2.06 bits per heavy atom. The summed E-state index contributed by atoms with van der Waals surface area (Å²) in [7, 11) is 3.09. The van der Waals surface area contributed by atoms with Gasteiger partial charge in [0.25, 0.3) is 5.91 Å². The monoisotopic (exact) mass is 445 g/mol. The van der Waals surface area contributed by atoms with E-state index >= 15 is 0 Å². The van der Waals surface area contributed by atoms with Crippen molar-refractivity contribution >= 4 is 5.91 Å². The zero-order chi connectivity index (χ0) is 22.9. The van der Waals surface area contributed by atoms with Gasteiger partial charge in [0.05, 0.1) is 26.5 Å². The molecule has 2 heterocycles. The summed E-state index contributed by atoms with van der Waals surface area (Å²) in [4.78, 5) is 20.5. The molecule has 0 bridgehead atoms. The summed E-state index contributed by atoms with van der Waals surface area (Å²) in [6.45, 7) is 8.58. The molecule has 0 radical (unpaired) electrons. The molecule has 8 nitrogen and oxygen atoms in total. The van der Waals surface area contributed by atoms with Crippen molar-refractivity contribution < 1.29 is 23.8 Å². The minimum absolute atomic E-state index is 0.116. The number of carbonyl (C=O) groups excluding carboxylic acids is 1. The van der Waals surface area contributed by atoms with E-state index in [-0.39, 0.29) is 11.9 Å². The molecule has 3 atom stereocenters. The highest BCUT2D eigenvalue weighted by Crippen LogP contribution is 2.46. The Hall–Kier alpha value is -2.45. The van der Waals surface area contributed by atoms with Gasteiger partial charge in [0, 0.05) is 38.0 Å². The average Bonchev–Trinajstić information content (AvgIpc) is 3.30. The molecule has 2 unspecified atom stereocenters. The maximum Gasteiger partial charge on any atom is 0.254 e. The number of carbonyl (C=O) groups is 1. The van der Waals surface area contributed by atoms with E-state index in [2.05, 4.69) is 17.4 Å². The van der Waals surface area contributed by atoms with Gasteiger partial charge in [-0.1, -0.05) is 19.4 Å². The number of nitrogens with one attached hydrogen (secondary N) is 2. The molecule has 1 aromatic carbocycles. The van der Waals surface area contributed by atoms with Gasteiger partial charge in [-0.15, -0.1) is 0 Å². The SMILES string of the molecule is C=C(CN(C[C@@H]1CC2CCCCC2N1)C(=O)c1cc(OC)c2c(c1)OC(C)(C)O2)NOC. The number of nitrogens with zero attached hydrogens (tertiary/aromatic N) is 1. The van der Waals surface area contributed by atoms with Gasteiger partial charge < -0.3 is 24.4 Å². The zero-order valence-electron chi connectivity index (χ0n) is 19.5. The minimum atomic E-state index is -0.808. The Labute approximate surface area is 190 Å². The average molecular weight is 446 g/mol. The first-order valence-electron chi connectivity index (χ1n) is 11.4. The number of fused-ring (bicyclic) bond motifs is 2. The fraction of sp³-hybridized carbons (Fsp3) is 0.625. The Bertz CT molecular complexity index is 857. The first-order valence-corrected chi connectivity index (χ1v) is 11.4. The van der Waals surface area contributed by atoms with Crippen molar-refractivity contribution in [2.45, 2.75) is 63.8 Å². The third-order valence-corrected chi connectivity index (χ3v) is 6.49. The Morgan fingerprint density at radius 3 is 2.78 bits per heavy atom. The molecule has 1 saturated carbocycles. The Balaban J connectivity index is 1.55. The molecule has 4 rings (SSSR count). The molecule has 1 aliphatic carbocycles. The van der Waals surface area contributed by atoms with E-state index < -0.39 is 5.79 Å². The van der Waals surface area contributed by atoms with Crippen LogP contribution >= 0.6 is 0 Å². The summed E-state index contributed by atoms with van der Waals surface area (Å²) in [5.74, 6) is 1.30. The van der Waals surface area contributed by atoms with Crippen molar-refractivity contribution in [1.29, 1.82) is 0 Å². The van der Waals surface area contributed by atoms with Crippen LogP contribution in [0, 0.1) is 5.92 Å². The van der Waals surface area contributed by atoms with Crippen LogP contribution in [-0.2, 0) is 4.84 Å². The van der Waals surface area contributed by atoms with Crippen LogP contribution in [0.2, 0.25) is 0 Å². The zero-order valence-corrected chi connectivity index (χ0v) is 19.5. The number of ether oxygens (including phenoxy) is 3. The topological polar surface area (TPSA) is 81.3 Å². The molecule has 3 aliphatic rings. The molecule has 1 aromatic rings. The highest BCUT2D eigenvalue weighted by Gasteiger charge is 2.38. The number of hydroxylamine groups is 1. The van der Waals surface area contributed by atoms with E-state index in [1.807, 2.05) is 18.7 Å². The molecule has 2 N–H and O–H groups in total. The van der Waals surface area contributed by atoms with Crippen molar-refractivity contribution in [2.75, 3.05) is 27.3 Å². The molecule has 1 amide bonds. The smallest absolute Gasteiger partial charge is 0.254 e. The summed E-state index contributed by atoms with van der Waals surface area (Å²) in [6, 6.07) is 4.28. The van der Waals surface area contributed by atoms with Crippen LogP contribution in [0.3, 0.4) is 0 Å². The lowest BCUT2D eigenvalue weighted by Crippen LogP contribution is -2.44. The second-order valence-electron chi connectivity index (χ2n) is 9.46. The number of hydrogen-bond acceptors (Lipinski definition) is 7. The molecule has 8 heteroatoms. The van der Waals surface area contributed by atoms with Gasteiger partial charge in [0.2, 0.25) is 11.5 Å². The molecule has 32 heavy (non-hydrogen) atoms. The predicted molar refractivity (Wildman–Crippen MR) is 121 cm³/mol. The minimum Gasteiger partial charge on any atom is -0.493 e. The lowest BCUT2D eigenvalue weighted by Gasteiger charge is -2.27. The number of rotatable bonds is 8. The molecular weight excluding hydrogens is 410 g/mol. The van der Waals surface area contributed by atoms with E-state index in [0.29, 0.717) is 53.6 Å². The van der Waals surface area contributed by atoms with Gasteiger partial charge in [0.15, 0.2) is 11.5 Å².